The molecule has 0 radical (unpaired) electrons. The van der Waals surface area contributed by atoms with Crippen molar-refractivity contribution in [3.63, 3.8) is 0 Å². The summed E-state index contributed by atoms with van der Waals surface area (Å²) < 4.78 is 2.29. The number of carbonyl (C=O) groups is 1. The Kier molecular flexibility index (Phi) is 3.99. The minimum atomic E-state index is -0.470. The van der Waals surface area contributed by atoms with Crippen molar-refractivity contribution in [3.05, 3.63) is 38.7 Å². The summed E-state index contributed by atoms with van der Waals surface area (Å²) in [4.78, 5) is 40.5. The second-order valence-electron chi connectivity index (χ2n) is 5.78. The topological polar surface area (TPSA) is 98.0 Å². The largest absolute Gasteiger partial charge is 0.349 e. The van der Waals surface area contributed by atoms with Crippen LogP contribution in [0.4, 0.5) is 0 Å². The van der Waals surface area contributed by atoms with Gasteiger partial charge in [0.05, 0.1) is 5.39 Å². The van der Waals surface area contributed by atoms with Crippen LogP contribution in [0.3, 0.4) is 0 Å². The number of pyridine rings is 1. The maximum atomic E-state index is 12.2. The molecule has 0 bridgehead atoms. The molecule has 2 N–H and O–H groups in total. The number of aryl methyl sites for hydroxylation is 1. The Balaban J connectivity index is 1.92. The summed E-state index contributed by atoms with van der Waals surface area (Å²) in [6.45, 7) is 1.51. The molecular formula is C15H19N5O3. The molecule has 3 heterocycles. The molecular weight excluding hydrogens is 298 g/mol. The lowest BCUT2D eigenvalue weighted by molar-refractivity contribution is 0.0945. The van der Waals surface area contributed by atoms with Gasteiger partial charge in [-0.1, -0.05) is 0 Å². The Morgan fingerprint density at radius 2 is 2.13 bits per heavy atom. The fourth-order valence-electron chi connectivity index (χ4n) is 2.82. The van der Waals surface area contributed by atoms with Crippen LogP contribution >= 0.6 is 0 Å². The van der Waals surface area contributed by atoms with E-state index in [1.54, 1.807) is 0 Å². The van der Waals surface area contributed by atoms with Gasteiger partial charge >= 0.3 is 5.69 Å². The summed E-state index contributed by atoms with van der Waals surface area (Å²) in [6.07, 6.45) is 2.15. The van der Waals surface area contributed by atoms with Crippen molar-refractivity contribution < 1.29 is 4.79 Å². The van der Waals surface area contributed by atoms with Crippen molar-refractivity contribution in [1.82, 2.24) is 24.8 Å². The maximum absolute atomic E-state index is 12.2. The van der Waals surface area contributed by atoms with Crippen molar-refractivity contribution in [2.45, 2.75) is 18.9 Å². The number of hydrogen-bond donors (Lipinski definition) is 2. The van der Waals surface area contributed by atoms with E-state index >= 15 is 0 Å². The second kappa shape index (κ2) is 5.96. The molecule has 1 aliphatic rings. The number of rotatable bonds is 3. The van der Waals surface area contributed by atoms with Crippen LogP contribution in [0.5, 0.6) is 0 Å². The number of amides is 1. The second-order valence-corrected chi connectivity index (χ2v) is 5.78. The minimum absolute atomic E-state index is 0.193. The van der Waals surface area contributed by atoms with E-state index in [1.165, 1.54) is 30.8 Å². The van der Waals surface area contributed by atoms with E-state index in [2.05, 4.69) is 15.6 Å². The number of fused-ring (bicyclic) bond motifs is 1. The zero-order chi connectivity index (χ0) is 16.6. The van der Waals surface area contributed by atoms with Crippen LogP contribution in [0.2, 0.25) is 0 Å². The predicted molar refractivity (Wildman–Crippen MR) is 85.6 cm³/mol. The quantitative estimate of drug-likeness (QED) is 0.766. The Hall–Kier alpha value is -2.48. The van der Waals surface area contributed by atoms with Crippen molar-refractivity contribution in [1.29, 1.82) is 0 Å². The third-order valence-electron chi connectivity index (χ3n) is 4.21. The Bertz CT molecular complexity index is 877. The molecule has 8 nitrogen and oxygen atoms in total. The first-order valence-corrected chi connectivity index (χ1v) is 7.57. The molecule has 0 aliphatic carbocycles. The van der Waals surface area contributed by atoms with E-state index in [-0.39, 0.29) is 23.3 Å². The van der Waals surface area contributed by atoms with Crippen molar-refractivity contribution in [2.24, 2.45) is 14.1 Å². The summed E-state index contributed by atoms with van der Waals surface area (Å²) in [5.74, 6) is -0.311. The van der Waals surface area contributed by atoms with E-state index in [1.807, 2.05) is 0 Å². The normalized spacial score (nSPS) is 17.6. The number of hydrogen-bond acceptors (Lipinski definition) is 5. The first kappa shape index (κ1) is 15.4. The lowest BCUT2D eigenvalue weighted by Gasteiger charge is -2.12. The van der Waals surface area contributed by atoms with Gasteiger partial charge in [-0.2, -0.15) is 0 Å². The zero-order valence-corrected chi connectivity index (χ0v) is 13.1. The molecule has 1 atom stereocenters. The molecule has 3 rings (SSSR count). The fraction of sp³-hybridized carbons (Fsp3) is 0.467. The molecule has 1 fully saturated rings. The van der Waals surface area contributed by atoms with Crippen LogP contribution in [-0.4, -0.2) is 39.2 Å². The molecule has 122 valence electrons. The first-order chi connectivity index (χ1) is 11.0. The van der Waals surface area contributed by atoms with Crippen LogP contribution in [0.25, 0.3) is 11.0 Å². The van der Waals surface area contributed by atoms with E-state index in [4.69, 9.17) is 0 Å². The van der Waals surface area contributed by atoms with E-state index in [0.717, 1.165) is 24.0 Å². The molecule has 8 heteroatoms. The highest BCUT2D eigenvalue weighted by atomic mass is 16.2. The van der Waals surface area contributed by atoms with Crippen LogP contribution < -0.4 is 21.9 Å². The average Bonchev–Trinajstić information content (AvgIpc) is 3.08. The standard InChI is InChI=1S/C15H19N5O3/c1-19-12-10(14(22)20(2)15(19)23)5-6-11(18-12)13(21)17-8-9-4-3-7-16-9/h5-6,9,16H,3-4,7-8H2,1-2H3,(H,17,21). The lowest BCUT2D eigenvalue weighted by atomic mass is 10.2. The van der Waals surface area contributed by atoms with Gasteiger partial charge in [-0.15, -0.1) is 0 Å². The highest BCUT2D eigenvalue weighted by Crippen LogP contribution is 2.07. The molecule has 1 unspecified atom stereocenters. The van der Waals surface area contributed by atoms with E-state index in [0.29, 0.717) is 11.9 Å². The van der Waals surface area contributed by atoms with Crippen molar-refractivity contribution >= 4 is 16.9 Å². The first-order valence-electron chi connectivity index (χ1n) is 7.57. The summed E-state index contributed by atoms with van der Waals surface area (Å²) in [5.41, 5.74) is -0.482. The number of aromatic nitrogens is 3. The summed E-state index contributed by atoms with van der Waals surface area (Å²) in [6, 6.07) is 3.33. The van der Waals surface area contributed by atoms with Gasteiger partial charge in [0, 0.05) is 26.7 Å². The third kappa shape index (κ3) is 2.77. The zero-order valence-electron chi connectivity index (χ0n) is 13.1. The van der Waals surface area contributed by atoms with Crippen molar-refractivity contribution in [2.75, 3.05) is 13.1 Å². The van der Waals surface area contributed by atoms with Gasteiger partial charge in [0.15, 0.2) is 0 Å². The van der Waals surface area contributed by atoms with Gasteiger partial charge in [-0.05, 0) is 31.5 Å². The maximum Gasteiger partial charge on any atom is 0.332 e. The Morgan fingerprint density at radius 3 is 2.83 bits per heavy atom. The Labute approximate surface area is 132 Å². The van der Waals surface area contributed by atoms with E-state index < -0.39 is 11.2 Å². The minimum Gasteiger partial charge on any atom is -0.349 e. The molecule has 1 saturated heterocycles. The van der Waals surface area contributed by atoms with Gasteiger partial charge in [0.2, 0.25) is 0 Å². The highest BCUT2D eigenvalue weighted by molar-refractivity contribution is 5.94. The Morgan fingerprint density at radius 1 is 1.35 bits per heavy atom. The molecule has 2 aromatic rings. The van der Waals surface area contributed by atoms with Gasteiger partial charge < -0.3 is 10.6 Å². The number of nitrogens with zero attached hydrogens (tertiary/aromatic N) is 3. The number of carbonyl (C=O) groups excluding carboxylic acids is 1. The van der Waals surface area contributed by atoms with Gasteiger partial charge in [-0.25, -0.2) is 9.78 Å². The third-order valence-corrected chi connectivity index (χ3v) is 4.21. The van der Waals surface area contributed by atoms with Crippen LogP contribution in [0.15, 0.2) is 21.7 Å². The fourth-order valence-corrected chi connectivity index (χ4v) is 2.82. The summed E-state index contributed by atoms with van der Waals surface area (Å²) in [7, 11) is 2.95. The van der Waals surface area contributed by atoms with Crippen LogP contribution in [-0.2, 0) is 14.1 Å². The van der Waals surface area contributed by atoms with Crippen LogP contribution in [0, 0.1) is 0 Å². The van der Waals surface area contributed by atoms with E-state index in [9.17, 15) is 14.4 Å². The lowest BCUT2D eigenvalue weighted by Crippen LogP contribution is -2.38. The molecule has 0 saturated carbocycles. The summed E-state index contributed by atoms with van der Waals surface area (Å²) in [5, 5.41) is 6.44. The highest BCUT2D eigenvalue weighted by Gasteiger charge is 2.17. The smallest absolute Gasteiger partial charge is 0.332 e. The molecule has 23 heavy (non-hydrogen) atoms. The summed E-state index contributed by atoms with van der Waals surface area (Å²) >= 11 is 0. The van der Waals surface area contributed by atoms with Gasteiger partial charge in [0.25, 0.3) is 11.5 Å². The van der Waals surface area contributed by atoms with Crippen molar-refractivity contribution in [3.8, 4) is 0 Å². The molecule has 1 amide bonds. The molecule has 2 aromatic heterocycles. The van der Waals surface area contributed by atoms with Gasteiger partial charge in [-0.3, -0.25) is 18.7 Å². The molecule has 1 aliphatic heterocycles. The molecule has 0 aromatic carbocycles. The predicted octanol–water partition coefficient (Wildman–Crippen LogP) is -0.886. The van der Waals surface area contributed by atoms with Gasteiger partial charge in [0.1, 0.15) is 11.3 Å². The monoisotopic (exact) mass is 317 g/mol. The average molecular weight is 317 g/mol. The SMILES string of the molecule is Cn1c(=O)c2ccc(C(=O)NCC3CCCN3)nc2n(C)c1=O. The molecule has 0 spiro atoms. The number of nitrogens with one attached hydrogen (secondary N) is 2. The van der Waals surface area contributed by atoms with Crippen LogP contribution in [0.1, 0.15) is 23.3 Å².